The molecule has 4 rings (SSSR count). The van der Waals surface area contributed by atoms with Crippen molar-refractivity contribution in [2.75, 3.05) is 13.2 Å². The summed E-state index contributed by atoms with van der Waals surface area (Å²) >= 11 is 5.04. The van der Waals surface area contributed by atoms with E-state index in [-0.39, 0.29) is 11.9 Å². The monoisotopic (exact) mass is 528 g/mol. The molecule has 2 aliphatic rings. The number of amides is 1. The Kier molecular flexibility index (Phi) is 8.15. The number of carbonyl (C=O) groups excluding carboxylic acids is 1. The number of ether oxygens (including phenoxy) is 2. The fraction of sp³-hybridized carbons (Fsp3) is 0.385. The Morgan fingerprint density at radius 2 is 1.76 bits per heavy atom. The van der Waals surface area contributed by atoms with Crippen LogP contribution in [0.2, 0.25) is 0 Å². The second-order valence-corrected chi connectivity index (χ2v) is 9.86. The van der Waals surface area contributed by atoms with E-state index < -0.39 is 0 Å². The highest BCUT2D eigenvalue weighted by Gasteiger charge is 2.38. The molecule has 0 unspecified atom stereocenters. The smallest absolute Gasteiger partial charge is 0.267 e. The minimum absolute atomic E-state index is 0.0223. The van der Waals surface area contributed by atoms with Crippen molar-refractivity contribution < 1.29 is 14.3 Å². The molecule has 0 bridgehead atoms. The van der Waals surface area contributed by atoms with Crippen LogP contribution in [0.5, 0.6) is 11.5 Å². The standard InChI is InChI=1S/C26H29BrN2O3S/c1-3-31-22-17-23(32-4-2)21(27)15-18(22)16-24-25(30)29(20-13-9-6-10-14-20)26(33-24)28-19-11-7-5-8-12-19/h5,7-8,11-12,15-17,20H,3-4,6,9-10,13-14H2,1-2H3/b24-16-,28-26?. The van der Waals surface area contributed by atoms with Crippen LogP contribution in [0, 0.1) is 0 Å². The fourth-order valence-corrected chi connectivity index (χ4v) is 5.71. The molecule has 1 heterocycles. The molecule has 1 aliphatic carbocycles. The van der Waals surface area contributed by atoms with Crippen LogP contribution in [-0.2, 0) is 4.79 Å². The average Bonchev–Trinajstić information content (AvgIpc) is 3.12. The minimum Gasteiger partial charge on any atom is -0.493 e. The van der Waals surface area contributed by atoms with Crippen molar-refractivity contribution in [3.05, 3.63) is 57.4 Å². The number of amidine groups is 1. The zero-order valence-electron chi connectivity index (χ0n) is 19.1. The first kappa shape index (κ1) is 23.9. The average molecular weight is 530 g/mol. The normalized spacial score (nSPS) is 19.5. The molecule has 0 atom stereocenters. The SMILES string of the molecule is CCOc1cc(OCC)c(/C=C2\SC(=Nc3ccccc3)N(C3CCCCC3)C2=O)cc1Br. The number of rotatable bonds is 7. The van der Waals surface area contributed by atoms with Gasteiger partial charge in [0.05, 0.1) is 28.3 Å². The van der Waals surface area contributed by atoms with Crippen molar-refractivity contribution in [2.45, 2.75) is 52.0 Å². The number of benzene rings is 2. The summed E-state index contributed by atoms with van der Waals surface area (Å²) in [5.41, 5.74) is 1.70. The molecule has 0 spiro atoms. The fourth-order valence-electron chi connectivity index (χ4n) is 4.19. The van der Waals surface area contributed by atoms with E-state index in [4.69, 9.17) is 14.5 Å². The maximum atomic E-state index is 13.6. The van der Waals surface area contributed by atoms with Gasteiger partial charge in [0.25, 0.3) is 5.91 Å². The van der Waals surface area contributed by atoms with Crippen molar-refractivity contribution >= 4 is 50.5 Å². The van der Waals surface area contributed by atoms with E-state index in [0.717, 1.165) is 52.3 Å². The number of hydrogen-bond acceptors (Lipinski definition) is 5. The maximum Gasteiger partial charge on any atom is 0.267 e. The van der Waals surface area contributed by atoms with Gasteiger partial charge in [-0.2, -0.15) is 0 Å². The van der Waals surface area contributed by atoms with E-state index in [1.165, 1.54) is 18.2 Å². The van der Waals surface area contributed by atoms with Gasteiger partial charge in [0.15, 0.2) is 5.17 Å². The summed E-state index contributed by atoms with van der Waals surface area (Å²) in [7, 11) is 0. The number of thioether (sulfide) groups is 1. The van der Waals surface area contributed by atoms with Gasteiger partial charge in [0.1, 0.15) is 11.5 Å². The Balaban J connectivity index is 1.72. The third kappa shape index (κ3) is 5.64. The van der Waals surface area contributed by atoms with Gasteiger partial charge in [-0.25, -0.2) is 4.99 Å². The first-order valence-electron chi connectivity index (χ1n) is 11.6. The van der Waals surface area contributed by atoms with E-state index in [9.17, 15) is 4.79 Å². The molecule has 1 amide bonds. The third-order valence-corrected chi connectivity index (χ3v) is 7.31. The largest absolute Gasteiger partial charge is 0.493 e. The van der Waals surface area contributed by atoms with Gasteiger partial charge in [-0.05, 0) is 78.7 Å². The Bertz CT molecular complexity index is 1050. The van der Waals surface area contributed by atoms with Crippen molar-refractivity contribution in [1.29, 1.82) is 0 Å². The highest BCUT2D eigenvalue weighted by Crippen LogP contribution is 2.41. The molecule has 7 heteroatoms. The van der Waals surface area contributed by atoms with Crippen molar-refractivity contribution in [2.24, 2.45) is 4.99 Å². The molecule has 0 radical (unpaired) electrons. The third-order valence-electron chi connectivity index (χ3n) is 5.71. The number of nitrogens with zero attached hydrogens (tertiary/aromatic N) is 2. The topological polar surface area (TPSA) is 51.1 Å². The lowest BCUT2D eigenvalue weighted by Gasteiger charge is -2.30. The highest BCUT2D eigenvalue weighted by atomic mass is 79.9. The molecule has 0 N–H and O–H groups in total. The quantitative estimate of drug-likeness (QED) is 0.357. The van der Waals surface area contributed by atoms with Gasteiger partial charge in [-0.1, -0.05) is 37.5 Å². The van der Waals surface area contributed by atoms with E-state index in [2.05, 4.69) is 15.9 Å². The molecule has 5 nitrogen and oxygen atoms in total. The lowest BCUT2D eigenvalue weighted by atomic mass is 9.94. The van der Waals surface area contributed by atoms with Gasteiger partial charge in [0.2, 0.25) is 0 Å². The Morgan fingerprint density at radius 1 is 1.06 bits per heavy atom. The minimum atomic E-state index is 0.0223. The lowest BCUT2D eigenvalue weighted by Crippen LogP contribution is -2.40. The molecule has 2 aromatic rings. The number of halogens is 1. The first-order chi connectivity index (χ1) is 16.1. The van der Waals surface area contributed by atoms with E-state index >= 15 is 0 Å². The molecule has 2 aromatic carbocycles. The molecular weight excluding hydrogens is 500 g/mol. The zero-order chi connectivity index (χ0) is 23.2. The first-order valence-corrected chi connectivity index (χ1v) is 13.2. The molecule has 2 fully saturated rings. The van der Waals surface area contributed by atoms with Crippen LogP contribution in [0.15, 0.2) is 56.8 Å². The lowest BCUT2D eigenvalue weighted by molar-refractivity contribution is -0.124. The summed E-state index contributed by atoms with van der Waals surface area (Å²) in [5, 5.41) is 0.757. The summed E-state index contributed by atoms with van der Waals surface area (Å²) in [6.45, 7) is 4.99. The number of hydrogen-bond donors (Lipinski definition) is 0. The van der Waals surface area contributed by atoms with Crippen LogP contribution in [0.4, 0.5) is 5.69 Å². The summed E-state index contributed by atoms with van der Waals surface area (Å²) in [6, 6.07) is 13.9. The predicted molar refractivity (Wildman–Crippen MR) is 139 cm³/mol. The predicted octanol–water partition coefficient (Wildman–Crippen LogP) is 7.18. The van der Waals surface area contributed by atoms with Gasteiger partial charge in [-0.15, -0.1) is 0 Å². The van der Waals surface area contributed by atoms with Gasteiger partial charge >= 0.3 is 0 Å². The van der Waals surface area contributed by atoms with Gasteiger partial charge in [0, 0.05) is 17.7 Å². The van der Waals surface area contributed by atoms with Crippen LogP contribution in [0.1, 0.15) is 51.5 Å². The second-order valence-electron chi connectivity index (χ2n) is 7.99. The number of aliphatic imine (C=N–C) groups is 1. The van der Waals surface area contributed by atoms with Crippen LogP contribution in [0.25, 0.3) is 6.08 Å². The van der Waals surface area contributed by atoms with Crippen LogP contribution in [-0.4, -0.2) is 35.2 Å². The van der Waals surface area contributed by atoms with Crippen molar-refractivity contribution in [3.63, 3.8) is 0 Å². The molecule has 1 saturated carbocycles. The summed E-state index contributed by atoms with van der Waals surface area (Å²) < 4.78 is 12.4. The summed E-state index contributed by atoms with van der Waals surface area (Å²) in [5.74, 6) is 1.44. The maximum absolute atomic E-state index is 13.6. The molecule has 1 saturated heterocycles. The zero-order valence-corrected chi connectivity index (χ0v) is 21.5. The number of para-hydroxylation sites is 1. The Hall–Kier alpha value is -2.25. The highest BCUT2D eigenvalue weighted by molar-refractivity contribution is 9.10. The molecule has 33 heavy (non-hydrogen) atoms. The van der Waals surface area contributed by atoms with Gasteiger partial charge < -0.3 is 9.47 Å². The summed E-state index contributed by atoms with van der Waals surface area (Å²) in [6.07, 6.45) is 7.49. The van der Waals surface area contributed by atoms with Gasteiger partial charge in [-0.3, -0.25) is 9.69 Å². The Morgan fingerprint density at radius 3 is 2.45 bits per heavy atom. The van der Waals surface area contributed by atoms with E-state index in [0.29, 0.717) is 23.9 Å². The van der Waals surface area contributed by atoms with Crippen molar-refractivity contribution in [1.82, 2.24) is 4.90 Å². The molecular formula is C26H29BrN2O3S. The van der Waals surface area contributed by atoms with E-state index in [1.54, 1.807) is 0 Å². The molecule has 1 aliphatic heterocycles. The molecule has 0 aromatic heterocycles. The van der Waals surface area contributed by atoms with E-state index in [1.807, 2.05) is 67.3 Å². The Labute approximate surface area is 208 Å². The second kappa shape index (κ2) is 11.3. The molecule has 174 valence electrons. The van der Waals surface area contributed by atoms with Crippen LogP contribution in [0.3, 0.4) is 0 Å². The summed E-state index contributed by atoms with van der Waals surface area (Å²) in [4.78, 5) is 21.0. The van der Waals surface area contributed by atoms with Crippen LogP contribution < -0.4 is 9.47 Å². The van der Waals surface area contributed by atoms with Crippen LogP contribution >= 0.6 is 27.7 Å². The number of carbonyl (C=O) groups is 1. The van der Waals surface area contributed by atoms with Crippen molar-refractivity contribution in [3.8, 4) is 11.5 Å².